The average molecular weight is 86.1 g/mol. The molecule has 0 aliphatic heterocycles. The summed E-state index contributed by atoms with van der Waals surface area (Å²) >= 11 is 0. The van der Waals surface area contributed by atoms with Crippen LogP contribution in [-0.4, -0.2) is 19.0 Å². The van der Waals surface area contributed by atoms with Gasteiger partial charge >= 0.3 is 0 Å². The summed E-state index contributed by atoms with van der Waals surface area (Å²) in [6.07, 6.45) is 2.55. The maximum absolute atomic E-state index is 9.48. The molecule has 0 saturated heterocycles. The van der Waals surface area contributed by atoms with Crippen LogP contribution < -0.4 is 4.99 Å². The number of rotatable bonds is 2. The van der Waals surface area contributed by atoms with Gasteiger partial charge < -0.3 is 0 Å². The number of hydrogen-bond acceptors (Lipinski definition) is 1. The van der Waals surface area contributed by atoms with Gasteiger partial charge in [-0.2, -0.15) is 0 Å². The van der Waals surface area contributed by atoms with E-state index >= 15 is 0 Å². The Kier molecular flexibility index (Phi) is 3.86. The highest BCUT2D eigenvalue weighted by atomic mass is 16.1. The number of aldehydes is 1. The van der Waals surface area contributed by atoms with Crippen LogP contribution in [0.2, 0.25) is 0 Å². The van der Waals surface area contributed by atoms with Crippen molar-refractivity contribution in [1.82, 2.24) is 0 Å². The number of hydrogen-bond donors (Lipinski definition) is 1. The van der Waals surface area contributed by atoms with Crippen LogP contribution in [0, 0.1) is 0 Å². The molecule has 0 atom stereocenters. The first-order chi connectivity index (χ1) is 2.91. The Hall–Kier alpha value is -0.660. The van der Waals surface area contributed by atoms with Crippen molar-refractivity contribution in [3.63, 3.8) is 0 Å². The van der Waals surface area contributed by atoms with Crippen molar-refractivity contribution in [3.05, 3.63) is 0 Å². The molecular formula is C4H8NO+. The minimum absolute atomic E-state index is 0.427. The maximum Gasteiger partial charge on any atom is 0.195 e. The molecule has 2 heteroatoms. The average Bonchev–Trinajstić information content (AvgIpc) is 1.61. The molecule has 0 spiro atoms. The molecule has 0 aromatic heterocycles. The molecule has 0 amide bonds. The molecule has 0 heterocycles. The second-order valence-electron chi connectivity index (χ2n) is 0.864. The third-order valence-corrected chi connectivity index (χ3v) is 0.405. The number of carbonyl (C=O) groups excluding carboxylic acids is 1. The summed E-state index contributed by atoms with van der Waals surface area (Å²) in [6, 6.07) is 0. The van der Waals surface area contributed by atoms with E-state index in [1.54, 1.807) is 6.21 Å². The lowest BCUT2D eigenvalue weighted by Crippen LogP contribution is -2.69. The fraction of sp³-hybridized carbons (Fsp3) is 0.500. The molecule has 0 radical (unpaired) electrons. The van der Waals surface area contributed by atoms with Crippen molar-refractivity contribution >= 4 is 12.5 Å². The summed E-state index contributed by atoms with van der Waals surface area (Å²) in [5, 5.41) is 0. The number of carbonyl (C=O) groups is 1. The third-order valence-electron chi connectivity index (χ3n) is 0.405. The molecule has 0 aliphatic rings. The first-order valence-electron chi connectivity index (χ1n) is 1.86. The van der Waals surface area contributed by atoms with Crippen LogP contribution >= 0.6 is 0 Å². The van der Waals surface area contributed by atoms with Gasteiger partial charge in [0, 0.05) is 6.92 Å². The van der Waals surface area contributed by atoms with Crippen LogP contribution in [-0.2, 0) is 4.79 Å². The zero-order chi connectivity index (χ0) is 4.83. The molecule has 34 valence electrons. The highest BCUT2D eigenvalue weighted by molar-refractivity contribution is 5.52. The third kappa shape index (κ3) is 3.34. The minimum Gasteiger partial charge on any atom is -0.296 e. The molecule has 0 aromatic carbocycles. The molecule has 0 fully saturated rings. The molecule has 2 nitrogen and oxygen atoms in total. The first-order valence-corrected chi connectivity index (χ1v) is 1.86. The highest BCUT2D eigenvalue weighted by Crippen LogP contribution is 1.19. The van der Waals surface area contributed by atoms with Crippen LogP contribution in [0.5, 0.6) is 0 Å². The van der Waals surface area contributed by atoms with Gasteiger partial charge in [-0.25, -0.2) is 4.99 Å². The Morgan fingerprint density at radius 1 is 1.83 bits per heavy atom. The van der Waals surface area contributed by atoms with Gasteiger partial charge in [-0.1, -0.05) is 0 Å². The Bertz CT molecular complexity index is 58.6. The highest BCUT2D eigenvalue weighted by Gasteiger charge is 1.70. The van der Waals surface area contributed by atoms with Crippen LogP contribution in [0.4, 0.5) is 0 Å². The SMILES string of the molecule is CC=[NH+]CC=O. The first kappa shape index (κ1) is 5.34. The van der Waals surface area contributed by atoms with E-state index in [9.17, 15) is 4.79 Å². The predicted molar refractivity (Wildman–Crippen MR) is 23.6 cm³/mol. The zero-order valence-corrected chi connectivity index (χ0v) is 3.77. The molecule has 0 unspecified atom stereocenters. The van der Waals surface area contributed by atoms with Crippen molar-refractivity contribution < 1.29 is 9.79 Å². The summed E-state index contributed by atoms with van der Waals surface area (Å²) in [5.74, 6) is 0. The van der Waals surface area contributed by atoms with Crippen molar-refractivity contribution in [2.75, 3.05) is 6.54 Å². The fourth-order valence-corrected chi connectivity index (χ4v) is 0.166. The van der Waals surface area contributed by atoms with Crippen LogP contribution in [0.15, 0.2) is 0 Å². The van der Waals surface area contributed by atoms with Crippen molar-refractivity contribution in [3.8, 4) is 0 Å². The number of nitrogens with one attached hydrogen (secondary N) is 1. The van der Waals surface area contributed by atoms with E-state index in [-0.39, 0.29) is 0 Å². The van der Waals surface area contributed by atoms with E-state index in [1.165, 1.54) is 0 Å². The maximum atomic E-state index is 9.48. The topological polar surface area (TPSA) is 31.0 Å². The Labute approximate surface area is 36.9 Å². The van der Waals surface area contributed by atoms with Crippen molar-refractivity contribution in [2.45, 2.75) is 6.92 Å². The van der Waals surface area contributed by atoms with Crippen molar-refractivity contribution in [1.29, 1.82) is 0 Å². The Morgan fingerprint density at radius 3 is 2.67 bits per heavy atom. The van der Waals surface area contributed by atoms with E-state index in [4.69, 9.17) is 0 Å². The largest absolute Gasteiger partial charge is 0.296 e. The van der Waals surface area contributed by atoms with E-state index in [2.05, 4.69) is 4.99 Å². The van der Waals surface area contributed by atoms with Gasteiger partial charge in [0.1, 0.15) is 6.21 Å². The second-order valence-corrected chi connectivity index (χ2v) is 0.864. The van der Waals surface area contributed by atoms with Gasteiger partial charge in [0.05, 0.1) is 0 Å². The lowest BCUT2D eigenvalue weighted by atomic mass is 10.7. The molecule has 0 bridgehead atoms. The second kappa shape index (κ2) is 4.34. The fourth-order valence-electron chi connectivity index (χ4n) is 0.166. The van der Waals surface area contributed by atoms with Crippen molar-refractivity contribution in [2.24, 2.45) is 0 Å². The summed E-state index contributed by atoms with van der Waals surface area (Å²) in [4.78, 5) is 12.2. The zero-order valence-electron chi connectivity index (χ0n) is 3.77. The Balaban J connectivity index is 2.85. The molecule has 0 saturated carbocycles. The van der Waals surface area contributed by atoms with Crippen LogP contribution in [0.25, 0.3) is 0 Å². The standard InChI is InChI=1S/C4H7NO/c1-2-5-3-4-6/h2,4H,3H2,1H3/p+1. The molecular weight excluding hydrogens is 78.0 g/mol. The van der Waals surface area contributed by atoms with E-state index in [1.807, 2.05) is 6.92 Å². The molecule has 6 heavy (non-hydrogen) atoms. The normalized spacial score (nSPS) is 9.50. The smallest absolute Gasteiger partial charge is 0.195 e. The molecule has 0 rings (SSSR count). The monoisotopic (exact) mass is 86.1 g/mol. The van der Waals surface area contributed by atoms with Gasteiger partial charge in [0.25, 0.3) is 0 Å². The van der Waals surface area contributed by atoms with E-state index in [0.29, 0.717) is 6.54 Å². The lowest BCUT2D eigenvalue weighted by molar-refractivity contribution is -0.436. The predicted octanol–water partition coefficient (Wildman–Crippen LogP) is -1.64. The van der Waals surface area contributed by atoms with Gasteiger partial charge in [0.15, 0.2) is 12.8 Å². The van der Waals surface area contributed by atoms with Crippen LogP contribution in [0.3, 0.4) is 0 Å². The molecule has 0 aromatic rings. The minimum atomic E-state index is 0.427. The van der Waals surface area contributed by atoms with Gasteiger partial charge in [-0.05, 0) is 0 Å². The summed E-state index contributed by atoms with van der Waals surface area (Å²) in [5.41, 5.74) is 0. The van der Waals surface area contributed by atoms with Crippen LogP contribution in [0.1, 0.15) is 6.92 Å². The molecule has 0 aliphatic carbocycles. The van der Waals surface area contributed by atoms with Gasteiger partial charge in [0.2, 0.25) is 0 Å². The summed E-state index contributed by atoms with van der Waals surface area (Å²) in [6.45, 7) is 2.26. The van der Waals surface area contributed by atoms with E-state index in [0.717, 1.165) is 6.29 Å². The molecule has 1 N–H and O–H groups in total. The van der Waals surface area contributed by atoms with Gasteiger partial charge in [-0.15, -0.1) is 0 Å². The summed E-state index contributed by atoms with van der Waals surface area (Å²) < 4.78 is 0. The van der Waals surface area contributed by atoms with E-state index < -0.39 is 0 Å². The summed E-state index contributed by atoms with van der Waals surface area (Å²) in [7, 11) is 0. The lowest BCUT2D eigenvalue weighted by Gasteiger charge is -1.61. The quantitative estimate of drug-likeness (QED) is 0.317. The Morgan fingerprint density at radius 2 is 2.50 bits per heavy atom. The van der Waals surface area contributed by atoms with Gasteiger partial charge in [-0.3, -0.25) is 4.79 Å².